The van der Waals surface area contributed by atoms with E-state index in [4.69, 9.17) is 4.98 Å². The summed E-state index contributed by atoms with van der Waals surface area (Å²) in [7, 11) is 0. The molecule has 3 aromatic heterocycles. The number of H-pyrrole nitrogens is 1. The molecule has 0 aliphatic heterocycles. The fourth-order valence-electron chi connectivity index (χ4n) is 2.37. The normalized spacial score (nSPS) is 11.1. The van der Waals surface area contributed by atoms with E-state index >= 15 is 0 Å². The number of tetrazole rings is 1. The Morgan fingerprint density at radius 2 is 2.15 bits per heavy atom. The molecule has 2 N–H and O–H groups in total. The van der Waals surface area contributed by atoms with Gasteiger partial charge in [0, 0.05) is 40.8 Å². The Bertz CT molecular complexity index is 1110. The van der Waals surface area contributed by atoms with Crippen molar-refractivity contribution >= 4 is 22.6 Å². The van der Waals surface area contributed by atoms with Gasteiger partial charge in [0.1, 0.15) is 16.6 Å². The Morgan fingerprint density at radius 1 is 1.22 bits per heavy atom. The third kappa shape index (κ3) is 3.70. The SMILES string of the molecule is N#CC(=CNc1cccc(-c2nc(-c3cccnc3)cs2)c1)c1nn[nH]n1. The van der Waals surface area contributed by atoms with Crippen LogP contribution in [0.25, 0.3) is 27.4 Å². The lowest BCUT2D eigenvalue weighted by molar-refractivity contribution is 0.881. The van der Waals surface area contributed by atoms with Crippen LogP contribution in [0, 0.1) is 11.3 Å². The maximum Gasteiger partial charge on any atom is 0.216 e. The molecule has 0 saturated heterocycles. The van der Waals surface area contributed by atoms with Gasteiger partial charge in [-0.1, -0.05) is 12.1 Å². The van der Waals surface area contributed by atoms with Gasteiger partial charge in [-0.3, -0.25) is 4.98 Å². The van der Waals surface area contributed by atoms with Crippen LogP contribution < -0.4 is 5.32 Å². The molecule has 8 nitrogen and oxygen atoms in total. The van der Waals surface area contributed by atoms with Crippen molar-refractivity contribution in [1.82, 2.24) is 30.6 Å². The summed E-state index contributed by atoms with van der Waals surface area (Å²) in [6, 6.07) is 13.7. The average molecular weight is 372 g/mol. The molecule has 0 amide bonds. The first-order chi connectivity index (χ1) is 13.3. The molecule has 0 spiro atoms. The number of rotatable bonds is 5. The maximum atomic E-state index is 9.23. The van der Waals surface area contributed by atoms with E-state index in [9.17, 15) is 5.26 Å². The van der Waals surface area contributed by atoms with E-state index in [1.807, 2.05) is 47.8 Å². The first kappa shape index (κ1) is 16.6. The molecule has 0 saturated carbocycles. The fourth-order valence-corrected chi connectivity index (χ4v) is 3.20. The molecule has 0 bridgehead atoms. The van der Waals surface area contributed by atoms with Crippen LogP contribution in [0.4, 0.5) is 5.69 Å². The molecular formula is C18H12N8S. The summed E-state index contributed by atoms with van der Waals surface area (Å²) in [5.41, 5.74) is 3.96. The third-order valence-electron chi connectivity index (χ3n) is 3.66. The molecule has 0 aliphatic carbocycles. The summed E-state index contributed by atoms with van der Waals surface area (Å²) in [4.78, 5) is 8.83. The van der Waals surface area contributed by atoms with E-state index < -0.39 is 0 Å². The van der Waals surface area contributed by atoms with Gasteiger partial charge in [0.25, 0.3) is 0 Å². The minimum absolute atomic E-state index is 0.238. The highest BCUT2D eigenvalue weighted by atomic mass is 32.1. The predicted octanol–water partition coefficient (Wildman–Crippen LogP) is 3.36. The number of nitrogens with zero attached hydrogens (tertiary/aromatic N) is 6. The second-order valence-corrected chi connectivity index (χ2v) is 6.27. The number of thiazole rings is 1. The third-order valence-corrected chi connectivity index (χ3v) is 4.55. The fraction of sp³-hybridized carbons (Fsp3) is 0. The van der Waals surface area contributed by atoms with Crippen molar-refractivity contribution in [2.75, 3.05) is 5.32 Å². The number of nitriles is 1. The van der Waals surface area contributed by atoms with Gasteiger partial charge in [0.05, 0.1) is 5.69 Å². The molecule has 9 heteroatoms. The van der Waals surface area contributed by atoms with Crippen LogP contribution in [0.15, 0.2) is 60.4 Å². The quantitative estimate of drug-likeness (QED) is 0.516. The van der Waals surface area contributed by atoms with Gasteiger partial charge in [-0.2, -0.15) is 10.5 Å². The minimum Gasteiger partial charge on any atom is -0.360 e. The summed E-state index contributed by atoms with van der Waals surface area (Å²) in [6.45, 7) is 0. The molecule has 27 heavy (non-hydrogen) atoms. The Kier molecular flexibility index (Phi) is 4.63. The summed E-state index contributed by atoms with van der Waals surface area (Å²) >= 11 is 1.57. The van der Waals surface area contributed by atoms with Gasteiger partial charge >= 0.3 is 0 Å². The highest BCUT2D eigenvalue weighted by Gasteiger charge is 2.08. The zero-order chi connectivity index (χ0) is 18.5. The maximum absolute atomic E-state index is 9.23. The Hall–Kier alpha value is -3.90. The highest BCUT2D eigenvalue weighted by Crippen LogP contribution is 2.30. The predicted molar refractivity (Wildman–Crippen MR) is 102 cm³/mol. The van der Waals surface area contributed by atoms with E-state index in [1.165, 1.54) is 0 Å². The van der Waals surface area contributed by atoms with Gasteiger partial charge in [0.15, 0.2) is 0 Å². The Labute approximate surface area is 158 Å². The van der Waals surface area contributed by atoms with E-state index in [1.54, 1.807) is 29.9 Å². The number of benzene rings is 1. The summed E-state index contributed by atoms with van der Waals surface area (Å²) in [5.74, 6) is 0.238. The van der Waals surface area contributed by atoms with Gasteiger partial charge in [-0.05, 0) is 29.5 Å². The van der Waals surface area contributed by atoms with Crippen LogP contribution in [0.2, 0.25) is 0 Å². The first-order valence-corrected chi connectivity index (χ1v) is 8.78. The van der Waals surface area contributed by atoms with Gasteiger partial charge in [-0.25, -0.2) is 4.98 Å². The number of nitrogens with one attached hydrogen (secondary N) is 2. The first-order valence-electron chi connectivity index (χ1n) is 7.90. The van der Waals surface area contributed by atoms with E-state index in [0.29, 0.717) is 0 Å². The molecule has 4 rings (SSSR count). The molecular weight excluding hydrogens is 360 g/mol. The smallest absolute Gasteiger partial charge is 0.216 e. The number of allylic oxidation sites excluding steroid dienone is 1. The van der Waals surface area contributed by atoms with Crippen LogP contribution >= 0.6 is 11.3 Å². The summed E-state index contributed by atoms with van der Waals surface area (Å²) in [5, 5.41) is 28.6. The van der Waals surface area contributed by atoms with E-state index in [2.05, 4.69) is 30.9 Å². The second-order valence-electron chi connectivity index (χ2n) is 5.41. The molecule has 4 aromatic rings. The van der Waals surface area contributed by atoms with E-state index in [0.717, 1.165) is 27.5 Å². The Morgan fingerprint density at radius 3 is 2.93 bits per heavy atom. The van der Waals surface area contributed by atoms with Crippen molar-refractivity contribution < 1.29 is 0 Å². The van der Waals surface area contributed by atoms with Crippen molar-refractivity contribution in [2.24, 2.45) is 0 Å². The zero-order valence-corrected chi connectivity index (χ0v) is 14.7. The Balaban J connectivity index is 1.57. The average Bonchev–Trinajstić information content (AvgIpc) is 3.42. The standard InChI is InChI=1S/C18H12N8S/c19-8-14(17-23-25-26-24-17)10-21-15-5-1-3-12(7-15)18-22-16(11-27-18)13-4-2-6-20-9-13/h1-7,9-11,21H,(H,23,24,25,26). The van der Waals surface area contributed by atoms with Crippen molar-refractivity contribution in [2.45, 2.75) is 0 Å². The molecule has 130 valence electrons. The van der Waals surface area contributed by atoms with E-state index in [-0.39, 0.29) is 11.4 Å². The molecule has 0 fully saturated rings. The van der Waals surface area contributed by atoms with Crippen LogP contribution in [-0.4, -0.2) is 30.6 Å². The number of anilines is 1. The molecule has 3 heterocycles. The summed E-state index contributed by atoms with van der Waals surface area (Å²) < 4.78 is 0. The van der Waals surface area contributed by atoms with Crippen LogP contribution in [0.3, 0.4) is 0 Å². The van der Waals surface area contributed by atoms with Crippen LogP contribution in [0.5, 0.6) is 0 Å². The van der Waals surface area contributed by atoms with Gasteiger partial charge in [-0.15, -0.1) is 21.5 Å². The molecule has 0 atom stereocenters. The largest absolute Gasteiger partial charge is 0.360 e. The molecule has 1 aromatic carbocycles. The van der Waals surface area contributed by atoms with Gasteiger partial charge < -0.3 is 5.32 Å². The number of pyridine rings is 1. The minimum atomic E-state index is 0.238. The zero-order valence-electron chi connectivity index (χ0n) is 13.9. The van der Waals surface area contributed by atoms with Crippen LogP contribution in [-0.2, 0) is 0 Å². The van der Waals surface area contributed by atoms with Crippen molar-refractivity contribution in [3.8, 4) is 27.9 Å². The summed E-state index contributed by atoms with van der Waals surface area (Å²) in [6.07, 6.45) is 5.08. The molecule has 0 aliphatic rings. The number of hydrogen-bond donors (Lipinski definition) is 2. The topological polar surface area (TPSA) is 116 Å². The second kappa shape index (κ2) is 7.55. The lowest BCUT2D eigenvalue weighted by Crippen LogP contribution is -1.93. The molecule has 0 radical (unpaired) electrons. The number of aromatic nitrogens is 6. The lowest BCUT2D eigenvalue weighted by Gasteiger charge is -2.03. The lowest BCUT2D eigenvalue weighted by atomic mass is 10.2. The van der Waals surface area contributed by atoms with Crippen LogP contribution in [0.1, 0.15) is 5.82 Å². The number of aromatic amines is 1. The van der Waals surface area contributed by atoms with Gasteiger partial charge in [0.2, 0.25) is 5.82 Å². The van der Waals surface area contributed by atoms with Crippen molar-refractivity contribution in [3.05, 3.63) is 66.2 Å². The van der Waals surface area contributed by atoms with Crippen molar-refractivity contribution in [3.63, 3.8) is 0 Å². The molecule has 0 unspecified atom stereocenters. The highest BCUT2D eigenvalue weighted by molar-refractivity contribution is 7.13. The van der Waals surface area contributed by atoms with Crippen molar-refractivity contribution in [1.29, 1.82) is 5.26 Å². The number of hydrogen-bond acceptors (Lipinski definition) is 8. The monoisotopic (exact) mass is 372 g/mol.